The Bertz CT molecular complexity index is 352. The molecule has 1 saturated carbocycles. The van der Waals surface area contributed by atoms with E-state index >= 15 is 0 Å². The number of hydrogen-bond donors (Lipinski definition) is 2. The van der Waals surface area contributed by atoms with Crippen LogP contribution in [0.25, 0.3) is 0 Å². The maximum absolute atomic E-state index is 4.43. The summed E-state index contributed by atoms with van der Waals surface area (Å²) < 4.78 is 0.454. The van der Waals surface area contributed by atoms with E-state index in [1.165, 1.54) is 12.8 Å². The second-order valence-electron chi connectivity index (χ2n) is 4.06. The van der Waals surface area contributed by atoms with Crippen molar-refractivity contribution in [2.75, 3.05) is 30.0 Å². The first-order chi connectivity index (χ1) is 7.78. The average Bonchev–Trinajstić information content (AvgIpc) is 3.08. The smallest absolute Gasteiger partial charge is 0.147 e. The number of rotatable bonds is 6. The lowest BCUT2D eigenvalue weighted by Crippen LogP contribution is -2.18. The Kier molecular flexibility index (Phi) is 3.53. The molecule has 1 heterocycles. The van der Waals surface area contributed by atoms with Gasteiger partial charge >= 0.3 is 0 Å². The van der Waals surface area contributed by atoms with Gasteiger partial charge in [-0.3, -0.25) is 4.98 Å². The van der Waals surface area contributed by atoms with E-state index in [1.54, 1.807) is 12.4 Å². The lowest BCUT2D eigenvalue weighted by molar-refractivity contribution is 0.936. The van der Waals surface area contributed by atoms with Crippen LogP contribution in [-0.2, 0) is 0 Å². The molecular formula is C11H18N4S. The molecule has 5 heteroatoms. The fourth-order valence-electron chi connectivity index (χ4n) is 1.56. The van der Waals surface area contributed by atoms with Gasteiger partial charge in [-0.25, -0.2) is 4.98 Å². The van der Waals surface area contributed by atoms with Crippen molar-refractivity contribution < 1.29 is 0 Å². The molecule has 0 spiro atoms. The molecule has 0 aromatic carbocycles. The van der Waals surface area contributed by atoms with Crippen LogP contribution in [0.4, 0.5) is 11.6 Å². The normalized spacial score (nSPS) is 16.9. The van der Waals surface area contributed by atoms with E-state index in [9.17, 15) is 0 Å². The van der Waals surface area contributed by atoms with Crippen molar-refractivity contribution >= 4 is 23.4 Å². The summed E-state index contributed by atoms with van der Waals surface area (Å²) in [5.41, 5.74) is 0. The Hall–Kier alpha value is -0.970. The van der Waals surface area contributed by atoms with Gasteiger partial charge in [0.25, 0.3) is 0 Å². The maximum Gasteiger partial charge on any atom is 0.147 e. The number of thioether (sulfide) groups is 1. The standard InChI is InChI=1S/C11H18N4S/c1-3-13-9-6-12-7-10(15-9)14-8-11(16-2)4-5-11/h6-7H,3-5,8H2,1-2H3,(H2,13,14,15). The molecule has 0 radical (unpaired) electrons. The van der Waals surface area contributed by atoms with Gasteiger partial charge in [0.2, 0.25) is 0 Å². The molecule has 0 unspecified atom stereocenters. The van der Waals surface area contributed by atoms with Gasteiger partial charge < -0.3 is 10.6 Å². The molecule has 88 valence electrons. The van der Waals surface area contributed by atoms with Crippen molar-refractivity contribution in [1.29, 1.82) is 0 Å². The molecule has 0 bridgehead atoms. The number of nitrogens with zero attached hydrogens (tertiary/aromatic N) is 2. The highest BCUT2D eigenvalue weighted by Gasteiger charge is 2.41. The molecule has 1 aliphatic rings. The van der Waals surface area contributed by atoms with E-state index < -0.39 is 0 Å². The molecule has 4 nitrogen and oxygen atoms in total. The molecule has 16 heavy (non-hydrogen) atoms. The van der Waals surface area contributed by atoms with Crippen molar-refractivity contribution in [1.82, 2.24) is 9.97 Å². The Morgan fingerprint density at radius 3 is 2.56 bits per heavy atom. The zero-order valence-electron chi connectivity index (χ0n) is 9.79. The lowest BCUT2D eigenvalue weighted by Gasteiger charge is -2.13. The van der Waals surface area contributed by atoms with Crippen LogP contribution in [0.3, 0.4) is 0 Å². The van der Waals surface area contributed by atoms with Crippen LogP contribution in [0.1, 0.15) is 19.8 Å². The third-order valence-electron chi connectivity index (χ3n) is 2.82. The Labute approximate surface area is 101 Å². The largest absolute Gasteiger partial charge is 0.369 e. The van der Waals surface area contributed by atoms with Gasteiger partial charge in [-0.15, -0.1) is 0 Å². The third-order valence-corrected chi connectivity index (χ3v) is 4.24. The van der Waals surface area contributed by atoms with Crippen molar-refractivity contribution in [3.63, 3.8) is 0 Å². The highest BCUT2D eigenvalue weighted by Crippen LogP contribution is 2.46. The van der Waals surface area contributed by atoms with Crippen molar-refractivity contribution in [2.45, 2.75) is 24.5 Å². The van der Waals surface area contributed by atoms with Gasteiger partial charge in [-0.1, -0.05) is 0 Å². The van der Waals surface area contributed by atoms with Crippen molar-refractivity contribution in [2.24, 2.45) is 0 Å². The first kappa shape index (κ1) is 11.5. The summed E-state index contributed by atoms with van der Waals surface area (Å²) in [7, 11) is 0. The van der Waals surface area contributed by atoms with Crippen LogP contribution < -0.4 is 10.6 Å². The van der Waals surface area contributed by atoms with Crippen LogP contribution in [0.5, 0.6) is 0 Å². The molecule has 0 atom stereocenters. The molecule has 0 saturated heterocycles. The van der Waals surface area contributed by atoms with Crippen molar-refractivity contribution in [3.05, 3.63) is 12.4 Å². The number of nitrogens with one attached hydrogen (secondary N) is 2. The van der Waals surface area contributed by atoms with Gasteiger partial charge in [-0.05, 0) is 26.0 Å². The number of anilines is 2. The van der Waals surface area contributed by atoms with Crippen molar-refractivity contribution in [3.8, 4) is 0 Å². The Balaban J connectivity index is 1.91. The summed E-state index contributed by atoms with van der Waals surface area (Å²) in [5.74, 6) is 1.69. The fourth-order valence-corrected chi connectivity index (χ4v) is 2.29. The third kappa shape index (κ3) is 2.78. The maximum atomic E-state index is 4.43. The zero-order chi connectivity index (χ0) is 11.4. The molecule has 2 N–H and O–H groups in total. The van der Waals surface area contributed by atoms with Crippen LogP contribution in [0.15, 0.2) is 12.4 Å². The summed E-state index contributed by atoms with van der Waals surface area (Å²) in [4.78, 5) is 8.59. The van der Waals surface area contributed by atoms with Gasteiger partial charge in [0.15, 0.2) is 0 Å². The summed E-state index contributed by atoms with van der Waals surface area (Å²) in [6.07, 6.45) is 8.31. The molecule has 0 aliphatic heterocycles. The first-order valence-corrected chi connectivity index (χ1v) is 6.85. The van der Waals surface area contributed by atoms with E-state index in [4.69, 9.17) is 0 Å². The van der Waals surface area contributed by atoms with Crippen LogP contribution in [-0.4, -0.2) is 34.1 Å². The first-order valence-electron chi connectivity index (χ1n) is 5.63. The predicted octanol–water partition coefficient (Wildman–Crippen LogP) is 2.22. The Morgan fingerprint density at radius 1 is 1.31 bits per heavy atom. The number of aromatic nitrogens is 2. The highest BCUT2D eigenvalue weighted by atomic mass is 32.2. The summed E-state index contributed by atoms with van der Waals surface area (Å²) >= 11 is 1.95. The number of hydrogen-bond acceptors (Lipinski definition) is 5. The zero-order valence-corrected chi connectivity index (χ0v) is 10.6. The molecular weight excluding hydrogens is 220 g/mol. The van der Waals surface area contributed by atoms with Gasteiger partial charge in [0, 0.05) is 17.8 Å². The minimum atomic E-state index is 0.454. The SMILES string of the molecule is CCNc1cncc(NCC2(SC)CC2)n1. The van der Waals surface area contributed by atoms with E-state index in [1.807, 2.05) is 11.8 Å². The lowest BCUT2D eigenvalue weighted by atomic mass is 10.4. The average molecular weight is 238 g/mol. The summed E-state index contributed by atoms with van der Waals surface area (Å²) in [5, 5.41) is 6.52. The molecule has 1 fully saturated rings. The fraction of sp³-hybridized carbons (Fsp3) is 0.636. The second-order valence-corrected chi connectivity index (χ2v) is 5.33. The summed E-state index contributed by atoms with van der Waals surface area (Å²) in [6.45, 7) is 3.90. The second kappa shape index (κ2) is 4.91. The van der Waals surface area contributed by atoms with Crippen LogP contribution in [0, 0.1) is 0 Å². The van der Waals surface area contributed by atoms with E-state index in [-0.39, 0.29) is 0 Å². The van der Waals surface area contributed by atoms with Gasteiger partial charge in [-0.2, -0.15) is 11.8 Å². The highest BCUT2D eigenvalue weighted by molar-refractivity contribution is 8.00. The minimum absolute atomic E-state index is 0.454. The van der Waals surface area contributed by atoms with Gasteiger partial charge in [0.05, 0.1) is 12.4 Å². The monoisotopic (exact) mass is 238 g/mol. The van der Waals surface area contributed by atoms with Gasteiger partial charge in [0.1, 0.15) is 11.6 Å². The topological polar surface area (TPSA) is 49.8 Å². The molecule has 1 aromatic rings. The van der Waals surface area contributed by atoms with E-state index in [0.29, 0.717) is 4.75 Å². The summed E-state index contributed by atoms with van der Waals surface area (Å²) in [6, 6.07) is 0. The molecule has 0 amide bonds. The minimum Gasteiger partial charge on any atom is -0.369 e. The molecule has 1 aromatic heterocycles. The Morgan fingerprint density at radius 2 is 2.00 bits per heavy atom. The van der Waals surface area contributed by atoms with E-state index in [2.05, 4.69) is 33.8 Å². The van der Waals surface area contributed by atoms with Crippen LogP contribution >= 0.6 is 11.8 Å². The molecule has 2 rings (SSSR count). The van der Waals surface area contributed by atoms with Crippen LogP contribution in [0.2, 0.25) is 0 Å². The van der Waals surface area contributed by atoms with E-state index in [0.717, 1.165) is 24.7 Å². The quantitative estimate of drug-likeness (QED) is 0.796. The predicted molar refractivity (Wildman–Crippen MR) is 70.2 cm³/mol. The molecule has 1 aliphatic carbocycles.